The first-order valence-electron chi connectivity index (χ1n) is 10.5. The summed E-state index contributed by atoms with van der Waals surface area (Å²) < 4.78 is 0. The second-order valence-corrected chi connectivity index (χ2v) is 8.34. The molecule has 29 heavy (non-hydrogen) atoms. The van der Waals surface area contributed by atoms with Gasteiger partial charge in [-0.05, 0) is 30.9 Å². The van der Waals surface area contributed by atoms with E-state index in [4.69, 9.17) is 0 Å². The number of carbonyl (C=O) groups is 2. The number of benzene rings is 2. The van der Waals surface area contributed by atoms with Gasteiger partial charge < -0.3 is 15.1 Å². The number of hydrogen-bond donors (Lipinski definition) is 1. The van der Waals surface area contributed by atoms with Gasteiger partial charge in [0.25, 0.3) is 0 Å². The predicted octanol–water partition coefficient (Wildman–Crippen LogP) is 3.12. The molecule has 2 fully saturated rings. The molecule has 1 heterocycles. The molecule has 3 amide bonds. The second kappa shape index (κ2) is 8.27. The second-order valence-electron chi connectivity index (χ2n) is 8.34. The van der Waals surface area contributed by atoms with E-state index in [-0.39, 0.29) is 17.4 Å². The van der Waals surface area contributed by atoms with Crippen LogP contribution in [0.4, 0.5) is 4.79 Å². The fourth-order valence-corrected chi connectivity index (χ4v) is 4.02. The van der Waals surface area contributed by atoms with Gasteiger partial charge in [0.1, 0.15) is 0 Å². The van der Waals surface area contributed by atoms with Gasteiger partial charge in [-0.1, -0.05) is 60.2 Å². The Labute approximate surface area is 172 Å². The van der Waals surface area contributed by atoms with Crippen LogP contribution in [0.2, 0.25) is 0 Å². The molecule has 1 saturated carbocycles. The third-order valence-corrected chi connectivity index (χ3v) is 6.21. The summed E-state index contributed by atoms with van der Waals surface area (Å²) in [4.78, 5) is 28.9. The van der Waals surface area contributed by atoms with Gasteiger partial charge in [-0.3, -0.25) is 4.79 Å². The Morgan fingerprint density at radius 2 is 1.52 bits per heavy atom. The molecule has 1 aliphatic heterocycles. The van der Waals surface area contributed by atoms with Gasteiger partial charge in [-0.25, -0.2) is 4.79 Å². The van der Waals surface area contributed by atoms with Crippen molar-refractivity contribution >= 4 is 11.9 Å². The van der Waals surface area contributed by atoms with E-state index in [1.54, 1.807) is 0 Å². The molecule has 1 saturated heterocycles. The number of nitrogens with one attached hydrogen (secondary N) is 1. The molecule has 2 aromatic carbocycles. The number of nitrogens with zero attached hydrogens (tertiary/aromatic N) is 2. The first-order chi connectivity index (χ1) is 14.1. The van der Waals surface area contributed by atoms with E-state index in [1.165, 1.54) is 11.1 Å². The van der Waals surface area contributed by atoms with Crippen molar-refractivity contribution in [1.29, 1.82) is 0 Å². The predicted molar refractivity (Wildman–Crippen MR) is 114 cm³/mol. The van der Waals surface area contributed by atoms with Crippen molar-refractivity contribution in [3.8, 4) is 0 Å². The van der Waals surface area contributed by atoms with Crippen molar-refractivity contribution in [3.05, 3.63) is 71.3 Å². The molecule has 0 spiro atoms. The summed E-state index contributed by atoms with van der Waals surface area (Å²) in [7, 11) is 0. The van der Waals surface area contributed by atoms with Gasteiger partial charge in [-0.15, -0.1) is 0 Å². The first-order valence-corrected chi connectivity index (χ1v) is 10.5. The Morgan fingerprint density at radius 3 is 2.14 bits per heavy atom. The quantitative estimate of drug-likeness (QED) is 0.851. The average Bonchev–Trinajstić information content (AvgIpc) is 3.56. The van der Waals surface area contributed by atoms with E-state index in [9.17, 15) is 9.59 Å². The van der Waals surface area contributed by atoms with E-state index in [2.05, 4.69) is 29.6 Å². The van der Waals surface area contributed by atoms with E-state index in [1.807, 2.05) is 47.1 Å². The van der Waals surface area contributed by atoms with Gasteiger partial charge in [-0.2, -0.15) is 0 Å². The van der Waals surface area contributed by atoms with E-state index in [0.717, 1.165) is 18.4 Å². The lowest BCUT2D eigenvalue weighted by Crippen LogP contribution is -2.54. The lowest BCUT2D eigenvalue weighted by atomic mass is 9.96. The van der Waals surface area contributed by atoms with Crippen LogP contribution >= 0.6 is 0 Å². The number of hydrogen-bond acceptors (Lipinski definition) is 2. The van der Waals surface area contributed by atoms with Crippen molar-refractivity contribution in [2.75, 3.05) is 32.7 Å². The Kier molecular flexibility index (Phi) is 5.56. The number of rotatable bonds is 5. The minimum atomic E-state index is -0.0159. The molecule has 0 radical (unpaired) electrons. The largest absolute Gasteiger partial charge is 0.339 e. The van der Waals surface area contributed by atoms with Crippen LogP contribution < -0.4 is 5.32 Å². The van der Waals surface area contributed by atoms with E-state index < -0.39 is 0 Å². The highest BCUT2D eigenvalue weighted by Gasteiger charge is 2.44. The van der Waals surface area contributed by atoms with Gasteiger partial charge >= 0.3 is 6.03 Å². The highest BCUT2D eigenvalue weighted by atomic mass is 16.2. The molecule has 1 aliphatic carbocycles. The SMILES string of the molecule is Cc1ccc(CC(=O)N2CCN(C(=O)NCC3(c4ccccc4)CC3)CC2)cc1. The lowest BCUT2D eigenvalue weighted by molar-refractivity contribution is -0.131. The smallest absolute Gasteiger partial charge is 0.317 e. The molecule has 152 valence electrons. The van der Waals surface area contributed by atoms with Crippen LogP contribution in [0.1, 0.15) is 29.5 Å². The molecular weight excluding hydrogens is 362 g/mol. The number of aryl methyl sites for hydroxylation is 1. The van der Waals surface area contributed by atoms with Crippen LogP contribution in [0.3, 0.4) is 0 Å². The Balaban J connectivity index is 1.23. The van der Waals surface area contributed by atoms with Crippen molar-refractivity contribution in [2.24, 2.45) is 0 Å². The maximum Gasteiger partial charge on any atom is 0.317 e. The standard InChI is InChI=1S/C24H29N3O2/c1-19-7-9-20(10-8-19)17-22(28)26-13-15-27(16-14-26)23(29)25-18-24(11-12-24)21-5-3-2-4-6-21/h2-10H,11-18H2,1H3,(H,25,29). The summed E-state index contributed by atoms with van der Waals surface area (Å²) >= 11 is 0. The fraction of sp³-hybridized carbons (Fsp3) is 0.417. The van der Waals surface area contributed by atoms with Crippen LogP contribution in [0, 0.1) is 6.92 Å². The summed E-state index contributed by atoms with van der Waals surface area (Å²) in [5, 5.41) is 3.13. The maximum absolute atomic E-state index is 12.6. The number of urea groups is 1. The van der Waals surface area contributed by atoms with Gasteiger partial charge in [0.15, 0.2) is 0 Å². The van der Waals surface area contributed by atoms with Gasteiger partial charge in [0.2, 0.25) is 5.91 Å². The molecule has 2 aliphatic rings. The number of carbonyl (C=O) groups excluding carboxylic acids is 2. The molecule has 5 nitrogen and oxygen atoms in total. The summed E-state index contributed by atoms with van der Waals surface area (Å²) in [5.74, 6) is 0.134. The van der Waals surface area contributed by atoms with Crippen LogP contribution in [-0.2, 0) is 16.6 Å². The summed E-state index contributed by atoms with van der Waals surface area (Å²) in [6.45, 7) is 5.10. The lowest BCUT2D eigenvalue weighted by Gasteiger charge is -2.35. The summed E-state index contributed by atoms with van der Waals surface area (Å²) in [5.41, 5.74) is 3.66. The zero-order chi connectivity index (χ0) is 20.3. The van der Waals surface area contributed by atoms with Crippen molar-refractivity contribution < 1.29 is 9.59 Å². The summed E-state index contributed by atoms with van der Waals surface area (Å²) in [6.07, 6.45) is 2.67. The van der Waals surface area contributed by atoms with Crippen molar-refractivity contribution in [2.45, 2.75) is 31.6 Å². The van der Waals surface area contributed by atoms with Crippen LogP contribution in [0.25, 0.3) is 0 Å². The molecule has 0 aromatic heterocycles. The molecular formula is C24H29N3O2. The molecule has 0 bridgehead atoms. The highest BCUT2D eigenvalue weighted by Crippen LogP contribution is 2.47. The average molecular weight is 392 g/mol. The van der Waals surface area contributed by atoms with E-state index >= 15 is 0 Å². The topological polar surface area (TPSA) is 52.7 Å². The zero-order valence-electron chi connectivity index (χ0n) is 17.1. The van der Waals surface area contributed by atoms with Gasteiger partial charge in [0, 0.05) is 38.1 Å². The Bertz CT molecular complexity index is 851. The third kappa shape index (κ3) is 4.61. The minimum absolute atomic E-state index is 0.0159. The van der Waals surface area contributed by atoms with Crippen LogP contribution in [0.5, 0.6) is 0 Å². The Morgan fingerprint density at radius 1 is 0.897 bits per heavy atom. The highest BCUT2D eigenvalue weighted by molar-refractivity contribution is 5.79. The van der Waals surface area contributed by atoms with Crippen LogP contribution in [0.15, 0.2) is 54.6 Å². The van der Waals surface area contributed by atoms with Gasteiger partial charge in [0.05, 0.1) is 6.42 Å². The number of piperazine rings is 1. The minimum Gasteiger partial charge on any atom is -0.339 e. The van der Waals surface area contributed by atoms with E-state index in [0.29, 0.717) is 39.1 Å². The molecule has 0 unspecified atom stereocenters. The maximum atomic E-state index is 12.6. The zero-order valence-corrected chi connectivity index (χ0v) is 17.1. The van der Waals surface area contributed by atoms with Crippen LogP contribution in [-0.4, -0.2) is 54.5 Å². The third-order valence-electron chi connectivity index (χ3n) is 6.21. The fourth-order valence-electron chi connectivity index (χ4n) is 4.02. The first kappa shape index (κ1) is 19.5. The van der Waals surface area contributed by atoms with Crippen molar-refractivity contribution in [3.63, 3.8) is 0 Å². The molecule has 2 aromatic rings. The summed E-state index contributed by atoms with van der Waals surface area (Å²) in [6, 6.07) is 18.5. The number of amides is 3. The molecule has 0 atom stereocenters. The van der Waals surface area contributed by atoms with Crippen molar-refractivity contribution in [1.82, 2.24) is 15.1 Å². The molecule has 1 N–H and O–H groups in total. The molecule has 4 rings (SSSR count). The monoisotopic (exact) mass is 391 g/mol. The molecule has 5 heteroatoms. The normalized spacial score (nSPS) is 17.7. The Hall–Kier alpha value is -2.82.